The topological polar surface area (TPSA) is 61.4 Å². The van der Waals surface area contributed by atoms with Crippen molar-refractivity contribution >= 4 is 5.91 Å². The van der Waals surface area contributed by atoms with Gasteiger partial charge < -0.3 is 15.7 Å². The lowest BCUT2D eigenvalue weighted by atomic mass is 9.74. The Labute approximate surface area is 97.8 Å². The summed E-state index contributed by atoms with van der Waals surface area (Å²) in [6.07, 6.45) is 2.23. The normalized spacial score (nSPS) is 23.9. The molecule has 0 bridgehead atoms. The van der Waals surface area contributed by atoms with E-state index in [2.05, 4.69) is 10.6 Å². The first-order valence-electron chi connectivity index (χ1n) is 6.11. The summed E-state index contributed by atoms with van der Waals surface area (Å²) in [6, 6.07) is -0.164. The number of carbonyl (C=O) groups excluding carboxylic acids is 1. The van der Waals surface area contributed by atoms with Crippen molar-refractivity contribution in [3.63, 3.8) is 0 Å². The molecule has 1 heterocycles. The minimum atomic E-state index is -0.364. The van der Waals surface area contributed by atoms with Gasteiger partial charge in [-0.1, -0.05) is 13.8 Å². The molecule has 1 rings (SSSR count). The molecule has 0 aromatic heterocycles. The van der Waals surface area contributed by atoms with E-state index in [4.69, 9.17) is 5.11 Å². The highest BCUT2D eigenvalue weighted by Gasteiger charge is 2.37. The molecule has 1 aliphatic rings. The van der Waals surface area contributed by atoms with Crippen LogP contribution in [0.4, 0.5) is 0 Å². The van der Waals surface area contributed by atoms with Gasteiger partial charge in [0.2, 0.25) is 5.91 Å². The molecular weight excluding hydrogens is 204 g/mol. The van der Waals surface area contributed by atoms with E-state index >= 15 is 0 Å². The Morgan fingerprint density at radius 1 is 1.62 bits per heavy atom. The summed E-state index contributed by atoms with van der Waals surface area (Å²) in [7, 11) is 0. The van der Waals surface area contributed by atoms with E-state index in [1.54, 1.807) is 0 Å². The highest BCUT2D eigenvalue weighted by molar-refractivity contribution is 5.82. The van der Waals surface area contributed by atoms with Gasteiger partial charge in [-0.05, 0) is 38.8 Å². The highest BCUT2D eigenvalue weighted by Crippen LogP contribution is 2.31. The van der Waals surface area contributed by atoms with E-state index in [1.165, 1.54) is 0 Å². The second-order valence-corrected chi connectivity index (χ2v) is 5.32. The maximum Gasteiger partial charge on any atom is 0.226 e. The Balaban J connectivity index is 2.56. The van der Waals surface area contributed by atoms with Crippen LogP contribution in [0, 0.1) is 11.3 Å². The maximum atomic E-state index is 12.1. The predicted molar refractivity (Wildman–Crippen MR) is 64.1 cm³/mol. The van der Waals surface area contributed by atoms with Crippen molar-refractivity contribution in [2.75, 3.05) is 19.7 Å². The van der Waals surface area contributed by atoms with Crippen molar-refractivity contribution in [1.82, 2.24) is 10.6 Å². The molecule has 1 aliphatic heterocycles. The summed E-state index contributed by atoms with van der Waals surface area (Å²) in [4.78, 5) is 12.1. The second kappa shape index (κ2) is 5.64. The molecule has 1 fully saturated rings. The molecule has 94 valence electrons. The third-order valence-electron chi connectivity index (χ3n) is 3.55. The van der Waals surface area contributed by atoms with Gasteiger partial charge in [-0.15, -0.1) is 0 Å². The third kappa shape index (κ3) is 3.19. The lowest BCUT2D eigenvalue weighted by Gasteiger charge is -2.36. The van der Waals surface area contributed by atoms with Crippen molar-refractivity contribution in [1.29, 1.82) is 0 Å². The molecule has 1 amide bonds. The zero-order valence-electron chi connectivity index (χ0n) is 10.5. The van der Waals surface area contributed by atoms with Crippen molar-refractivity contribution < 1.29 is 9.90 Å². The van der Waals surface area contributed by atoms with Gasteiger partial charge in [-0.2, -0.15) is 0 Å². The number of amides is 1. The monoisotopic (exact) mass is 228 g/mol. The first-order chi connectivity index (χ1) is 7.48. The molecule has 4 heteroatoms. The zero-order chi connectivity index (χ0) is 12.2. The fraction of sp³-hybridized carbons (Fsp3) is 0.917. The molecule has 0 spiro atoms. The van der Waals surface area contributed by atoms with E-state index in [0.717, 1.165) is 25.9 Å². The SMILES string of the molecule is C[C@H](CO)NC(=O)C(C)(C)C1CCCNC1. The Morgan fingerprint density at radius 3 is 2.81 bits per heavy atom. The van der Waals surface area contributed by atoms with E-state index in [9.17, 15) is 4.79 Å². The summed E-state index contributed by atoms with van der Waals surface area (Å²) in [5.41, 5.74) is -0.364. The minimum Gasteiger partial charge on any atom is -0.394 e. The average molecular weight is 228 g/mol. The molecule has 2 atom stereocenters. The Morgan fingerprint density at radius 2 is 2.31 bits per heavy atom. The smallest absolute Gasteiger partial charge is 0.226 e. The van der Waals surface area contributed by atoms with E-state index < -0.39 is 0 Å². The van der Waals surface area contributed by atoms with Crippen LogP contribution in [0.1, 0.15) is 33.6 Å². The molecule has 16 heavy (non-hydrogen) atoms. The molecule has 0 aromatic rings. The lowest BCUT2D eigenvalue weighted by molar-refractivity contribution is -0.133. The maximum absolute atomic E-state index is 12.1. The molecule has 0 saturated carbocycles. The van der Waals surface area contributed by atoms with E-state index in [1.807, 2.05) is 20.8 Å². The number of piperidine rings is 1. The number of aliphatic hydroxyl groups is 1. The summed E-state index contributed by atoms with van der Waals surface area (Å²) >= 11 is 0. The van der Waals surface area contributed by atoms with Crippen molar-refractivity contribution in [2.24, 2.45) is 11.3 Å². The summed E-state index contributed by atoms with van der Waals surface area (Å²) < 4.78 is 0. The zero-order valence-corrected chi connectivity index (χ0v) is 10.5. The first kappa shape index (κ1) is 13.5. The van der Waals surface area contributed by atoms with Gasteiger partial charge in [-0.3, -0.25) is 4.79 Å². The number of rotatable bonds is 4. The van der Waals surface area contributed by atoms with Gasteiger partial charge >= 0.3 is 0 Å². The van der Waals surface area contributed by atoms with Crippen LogP contribution in [-0.2, 0) is 4.79 Å². The van der Waals surface area contributed by atoms with Crippen LogP contribution in [0.15, 0.2) is 0 Å². The summed E-state index contributed by atoms with van der Waals surface area (Å²) in [5.74, 6) is 0.426. The molecule has 1 saturated heterocycles. The van der Waals surface area contributed by atoms with Crippen LogP contribution in [0.5, 0.6) is 0 Å². The third-order valence-corrected chi connectivity index (χ3v) is 3.55. The molecule has 0 radical (unpaired) electrons. The number of hydrogen-bond acceptors (Lipinski definition) is 3. The number of carbonyl (C=O) groups is 1. The molecule has 0 aromatic carbocycles. The fourth-order valence-corrected chi connectivity index (χ4v) is 2.11. The van der Waals surface area contributed by atoms with Crippen molar-refractivity contribution in [3.8, 4) is 0 Å². The molecule has 3 N–H and O–H groups in total. The van der Waals surface area contributed by atoms with Crippen LogP contribution in [0.2, 0.25) is 0 Å². The van der Waals surface area contributed by atoms with Gasteiger partial charge in [0.15, 0.2) is 0 Å². The van der Waals surface area contributed by atoms with Crippen LogP contribution < -0.4 is 10.6 Å². The van der Waals surface area contributed by atoms with Crippen LogP contribution in [0.25, 0.3) is 0 Å². The minimum absolute atomic E-state index is 0.00919. The lowest BCUT2D eigenvalue weighted by Crippen LogP contribution is -2.49. The fourth-order valence-electron chi connectivity index (χ4n) is 2.11. The second-order valence-electron chi connectivity index (χ2n) is 5.32. The van der Waals surface area contributed by atoms with Gasteiger partial charge in [0.05, 0.1) is 6.61 Å². The number of nitrogens with one attached hydrogen (secondary N) is 2. The number of hydrogen-bond donors (Lipinski definition) is 3. The van der Waals surface area contributed by atoms with E-state index in [0.29, 0.717) is 5.92 Å². The summed E-state index contributed by atoms with van der Waals surface area (Å²) in [6.45, 7) is 7.75. The van der Waals surface area contributed by atoms with Gasteiger partial charge in [0, 0.05) is 11.5 Å². The van der Waals surface area contributed by atoms with Crippen molar-refractivity contribution in [3.05, 3.63) is 0 Å². The highest BCUT2D eigenvalue weighted by atomic mass is 16.3. The standard InChI is InChI=1S/C12H24N2O2/c1-9(8-15)14-11(16)12(2,3)10-5-4-6-13-7-10/h9-10,13,15H,4-8H2,1-3H3,(H,14,16)/t9-,10?/m1/s1. The first-order valence-corrected chi connectivity index (χ1v) is 6.11. The van der Waals surface area contributed by atoms with Crippen LogP contribution >= 0.6 is 0 Å². The van der Waals surface area contributed by atoms with Crippen LogP contribution in [-0.4, -0.2) is 36.8 Å². The van der Waals surface area contributed by atoms with Gasteiger partial charge in [0.25, 0.3) is 0 Å². The van der Waals surface area contributed by atoms with Gasteiger partial charge in [0.1, 0.15) is 0 Å². The Bertz CT molecular complexity index is 235. The summed E-state index contributed by atoms with van der Waals surface area (Å²) in [5, 5.41) is 15.1. The Kier molecular flexibility index (Phi) is 4.74. The average Bonchev–Trinajstić information content (AvgIpc) is 2.29. The quantitative estimate of drug-likeness (QED) is 0.657. The van der Waals surface area contributed by atoms with Crippen LogP contribution in [0.3, 0.4) is 0 Å². The van der Waals surface area contributed by atoms with Crippen molar-refractivity contribution in [2.45, 2.75) is 39.7 Å². The van der Waals surface area contributed by atoms with E-state index in [-0.39, 0.29) is 24.0 Å². The molecular formula is C12H24N2O2. The molecule has 0 aliphatic carbocycles. The predicted octanol–water partition coefficient (Wildman–Crippen LogP) is 0.509. The van der Waals surface area contributed by atoms with Gasteiger partial charge in [-0.25, -0.2) is 0 Å². The molecule has 4 nitrogen and oxygen atoms in total. The Hall–Kier alpha value is -0.610. The number of aliphatic hydroxyl groups excluding tert-OH is 1. The largest absolute Gasteiger partial charge is 0.394 e. The molecule has 1 unspecified atom stereocenters.